The van der Waals surface area contributed by atoms with Crippen LogP contribution >= 0.6 is 0 Å². The third kappa shape index (κ3) is 5.44. The highest BCUT2D eigenvalue weighted by Crippen LogP contribution is 2.36. The smallest absolute Gasteiger partial charge is 0.324 e. The number of H-pyrrole nitrogens is 1. The molecule has 39 heavy (non-hydrogen) atoms. The molecule has 0 unspecified atom stereocenters. The predicted octanol–water partition coefficient (Wildman–Crippen LogP) is 4.60. The van der Waals surface area contributed by atoms with Gasteiger partial charge in [-0.1, -0.05) is 32.0 Å². The van der Waals surface area contributed by atoms with Gasteiger partial charge in [-0.25, -0.2) is 4.79 Å². The van der Waals surface area contributed by atoms with Crippen molar-refractivity contribution in [2.75, 3.05) is 34.4 Å². The van der Waals surface area contributed by atoms with Crippen LogP contribution in [-0.4, -0.2) is 41.1 Å². The van der Waals surface area contributed by atoms with Crippen LogP contribution in [0.2, 0.25) is 0 Å². The van der Waals surface area contributed by atoms with Crippen molar-refractivity contribution in [3.63, 3.8) is 0 Å². The van der Waals surface area contributed by atoms with Crippen LogP contribution in [0.25, 0.3) is 11.6 Å². The molecule has 0 radical (unpaired) electrons. The van der Waals surface area contributed by atoms with Gasteiger partial charge < -0.3 is 30.8 Å². The van der Waals surface area contributed by atoms with E-state index in [1.54, 1.807) is 30.3 Å². The minimum atomic E-state index is -0.482. The Hall–Kier alpha value is -4.38. The van der Waals surface area contributed by atoms with Gasteiger partial charge in [0.1, 0.15) is 5.76 Å². The zero-order chi connectivity index (χ0) is 27.9. The maximum atomic E-state index is 12.9. The van der Waals surface area contributed by atoms with E-state index in [0.29, 0.717) is 40.6 Å². The normalized spacial score (nSPS) is 17.7. The van der Waals surface area contributed by atoms with Gasteiger partial charge in [-0.3, -0.25) is 14.9 Å². The van der Waals surface area contributed by atoms with Crippen LogP contribution in [0.15, 0.2) is 28.8 Å². The van der Waals surface area contributed by atoms with Gasteiger partial charge in [0.15, 0.2) is 5.82 Å². The van der Waals surface area contributed by atoms with Crippen LogP contribution < -0.4 is 26.6 Å². The first-order valence-electron chi connectivity index (χ1n) is 12.9. The lowest BCUT2D eigenvalue weighted by Crippen LogP contribution is -2.25. The summed E-state index contributed by atoms with van der Waals surface area (Å²) < 4.78 is 5.30. The molecule has 3 aromatic rings. The molecular formula is C28H33N7O4. The highest BCUT2D eigenvalue weighted by Gasteiger charge is 2.27. The van der Waals surface area contributed by atoms with Crippen molar-refractivity contribution in [3.05, 3.63) is 52.5 Å². The number of nitrogens with zero attached hydrogens (tertiary/aromatic N) is 1. The zero-order valence-electron chi connectivity index (χ0n) is 22.7. The van der Waals surface area contributed by atoms with Gasteiger partial charge >= 0.3 is 6.03 Å². The molecule has 1 aromatic carbocycles. The summed E-state index contributed by atoms with van der Waals surface area (Å²) in [5.74, 6) is 0.665. The molecule has 0 aliphatic carbocycles. The number of carbonyl (C=O) groups is 3. The summed E-state index contributed by atoms with van der Waals surface area (Å²) in [5.41, 5.74) is 5.23. The van der Waals surface area contributed by atoms with E-state index < -0.39 is 6.03 Å². The second kappa shape index (κ2) is 10.1. The Morgan fingerprint density at radius 2 is 1.92 bits per heavy atom. The van der Waals surface area contributed by atoms with Crippen LogP contribution in [-0.2, 0) is 15.0 Å². The van der Waals surface area contributed by atoms with E-state index in [9.17, 15) is 14.4 Å². The first-order valence-corrected chi connectivity index (χ1v) is 12.9. The molecule has 11 nitrogen and oxygen atoms in total. The minimum absolute atomic E-state index is 0.00406. The highest BCUT2D eigenvalue weighted by atomic mass is 16.5. The fourth-order valence-electron chi connectivity index (χ4n) is 4.74. The van der Waals surface area contributed by atoms with Crippen LogP contribution in [0.4, 0.5) is 27.7 Å². The van der Waals surface area contributed by atoms with E-state index in [1.807, 2.05) is 34.6 Å². The second-order valence-electron chi connectivity index (χ2n) is 11.0. The molecule has 2 aromatic heterocycles. The van der Waals surface area contributed by atoms with E-state index in [1.165, 1.54) is 0 Å². The van der Waals surface area contributed by atoms with Crippen molar-refractivity contribution in [1.82, 2.24) is 15.5 Å². The Kier molecular flexibility index (Phi) is 6.77. The zero-order valence-corrected chi connectivity index (χ0v) is 22.7. The van der Waals surface area contributed by atoms with Crippen molar-refractivity contribution in [3.8, 4) is 0 Å². The molecule has 5 rings (SSSR count). The molecular weight excluding hydrogens is 498 g/mol. The molecule has 0 spiro atoms. The van der Waals surface area contributed by atoms with Gasteiger partial charge in [0.2, 0.25) is 5.91 Å². The second-order valence-corrected chi connectivity index (χ2v) is 11.0. The Labute approximate surface area is 226 Å². The summed E-state index contributed by atoms with van der Waals surface area (Å²) in [6.45, 7) is 11.3. The number of anilines is 4. The summed E-state index contributed by atoms with van der Waals surface area (Å²) in [7, 11) is 0. The van der Waals surface area contributed by atoms with Crippen LogP contribution in [0.5, 0.6) is 0 Å². The van der Waals surface area contributed by atoms with E-state index in [0.717, 1.165) is 35.6 Å². The van der Waals surface area contributed by atoms with Gasteiger partial charge in [0.05, 0.1) is 22.9 Å². The Morgan fingerprint density at radius 1 is 1.13 bits per heavy atom. The van der Waals surface area contributed by atoms with Crippen molar-refractivity contribution in [1.29, 1.82) is 0 Å². The van der Waals surface area contributed by atoms with Crippen LogP contribution in [0, 0.1) is 19.8 Å². The largest absolute Gasteiger partial charge is 0.359 e. The molecule has 204 valence electrons. The number of carbonyl (C=O) groups excluding carboxylic acids is 3. The molecule has 4 amide bonds. The summed E-state index contributed by atoms with van der Waals surface area (Å²) in [6.07, 6.45) is 2.60. The lowest BCUT2D eigenvalue weighted by molar-refractivity contribution is -0.119. The maximum Gasteiger partial charge on any atom is 0.324 e. The molecule has 2 aliphatic rings. The molecule has 6 N–H and O–H groups in total. The maximum absolute atomic E-state index is 12.9. The van der Waals surface area contributed by atoms with Gasteiger partial charge in [0, 0.05) is 40.7 Å². The van der Waals surface area contributed by atoms with Crippen molar-refractivity contribution in [2.45, 2.75) is 46.5 Å². The number of aromatic nitrogens is 2. The minimum Gasteiger partial charge on any atom is -0.359 e. The fourth-order valence-corrected chi connectivity index (χ4v) is 4.74. The number of fused-ring (bicyclic) bond motifs is 1. The van der Waals surface area contributed by atoms with E-state index >= 15 is 0 Å². The molecule has 2 aliphatic heterocycles. The predicted molar refractivity (Wildman–Crippen MR) is 151 cm³/mol. The summed E-state index contributed by atoms with van der Waals surface area (Å²) in [6, 6.07) is 6.41. The number of hydrogen-bond acceptors (Lipinski definition) is 6. The third-order valence-electron chi connectivity index (χ3n) is 7.00. The Balaban J connectivity index is 1.30. The lowest BCUT2D eigenvalue weighted by Gasteiger charge is -2.12. The van der Waals surface area contributed by atoms with Crippen molar-refractivity contribution < 1.29 is 18.9 Å². The molecule has 0 saturated carbocycles. The third-order valence-corrected chi connectivity index (χ3v) is 7.00. The quantitative estimate of drug-likeness (QED) is 0.265. The monoisotopic (exact) mass is 531 g/mol. The van der Waals surface area contributed by atoms with Crippen LogP contribution in [0.3, 0.4) is 0 Å². The number of rotatable bonds is 5. The number of benzene rings is 1. The average molecular weight is 532 g/mol. The number of nitrogens with one attached hydrogen (secondary N) is 6. The standard InChI is InChI=1S/C28H33N7O4/c1-14-20(30-15(2)24(14)34-25(36)16-8-9-29-13-16)11-19-18-7-6-17(10-21(18)32-26(19)37)31-27(38)33-23-12-22(39-35-23)28(3,4)5/h6-7,10-12,16,29-30H,8-9,13H2,1-5H3,(H,32,37)(H,34,36)(H2,31,33,35,38)/b19-11-/t16-/m1/s1. The fraction of sp³-hybridized carbons (Fsp3) is 0.357. The number of amides is 4. The first kappa shape index (κ1) is 26.2. The van der Waals surface area contributed by atoms with Gasteiger partial charge in [0.25, 0.3) is 5.91 Å². The van der Waals surface area contributed by atoms with Crippen molar-refractivity contribution >= 4 is 52.4 Å². The molecule has 0 bridgehead atoms. The molecule has 4 heterocycles. The number of urea groups is 1. The molecule has 1 atom stereocenters. The summed E-state index contributed by atoms with van der Waals surface area (Å²) in [5, 5.41) is 18.4. The van der Waals surface area contributed by atoms with E-state index in [4.69, 9.17) is 4.52 Å². The summed E-state index contributed by atoms with van der Waals surface area (Å²) >= 11 is 0. The lowest BCUT2D eigenvalue weighted by atomic mass is 9.93. The molecule has 11 heteroatoms. The highest BCUT2D eigenvalue weighted by molar-refractivity contribution is 6.35. The van der Waals surface area contributed by atoms with Gasteiger partial charge in [-0.15, -0.1) is 0 Å². The Morgan fingerprint density at radius 3 is 2.62 bits per heavy atom. The van der Waals surface area contributed by atoms with E-state index in [2.05, 4.69) is 36.7 Å². The number of aryl methyl sites for hydroxylation is 1. The molecule has 1 saturated heterocycles. The SMILES string of the molecule is Cc1[nH]c(/C=C2\C(=O)Nc3cc(NC(=O)Nc4cc(C(C)(C)C)on4)ccc32)c(C)c1NC(=O)[C@@H]1CCNC1. The summed E-state index contributed by atoms with van der Waals surface area (Å²) in [4.78, 5) is 41.3. The van der Waals surface area contributed by atoms with Gasteiger partial charge in [-0.2, -0.15) is 0 Å². The first-order chi connectivity index (χ1) is 18.5. The topological polar surface area (TPSA) is 153 Å². The molecule has 1 fully saturated rings. The van der Waals surface area contributed by atoms with Crippen LogP contribution in [0.1, 0.15) is 55.5 Å². The number of hydrogen-bond donors (Lipinski definition) is 6. The van der Waals surface area contributed by atoms with Gasteiger partial charge in [-0.05, 0) is 50.6 Å². The number of aromatic amines is 1. The van der Waals surface area contributed by atoms with Crippen molar-refractivity contribution in [2.24, 2.45) is 5.92 Å². The van der Waals surface area contributed by atoms with E-state index in [-0.39, 0.29) is 23.1 Å². The Bertz CT molecular complexity index is 1490. The average Bonchev–Trinajstić information content (AvgIpc) is 3.65.